The SMILES string of the molecule is COc1ccc(/C=C2/SC(=O)N(CCN3C(=O)S/C(=C/c4ccccc4)C3=O)C2=O)c(OC)c1. The van der Waals surface area contributed by atoms with E-state index in [0.717, 1.165) is 38.9 Å². The van der Waals surface area contributed by atoms with Crippen molar-refractivity contribution < 1.29 is 28.7 Å². The Morgan fingerprint density at radius 1 is 0.765 bits per heavy atom. The highest BCUT2D eigenvalue weighted by atomic mass is 32.2. The van der Waals surface area contributed by atoms with Gasteiger partial charge in [0.1, 0.15) is 11.5 Å². The Morgan fingerprint density at radius 3 is 1.91 bits per heavy atom. The van der Waals surface area contributed by atoms with Crippen LogP contribution in [0, 0.1) is 0 Å². The van der Waals surface area contributed by atoms with Crippen LogP contribution in [0.4, 0.5) is 9.59 Å². The third-order valence-corrected chi connectivity index (χ3v) is 6.93. The average Bonchev–Trinajstić information content (AvgIpc) is 3.26. The molecule has 2 heterocycles. The fourth-order valence-corrected chi connectivity index (χ4v) is 5.09. The van der Waals surface area contributed by atoms with Gasteiger partial charge in [0.2, 0.25) is 0 Å². The minimum Gasteiger partial charge on any atom is -0.497 e. The number of hydrogen-bond donors (Lipinski definition) is 0. The molecule has 2 fully saturated rings. The van der Waals surface area contributed by atoms with E-state index in [0.29, 0.717) is 22.0 Å². The molecule has 4 rings (SSSR count). The van der Waals surface area contributed by atoms with Gasteiger partial charge in [0.15, 0.2) is 0 Å². The molecule has 174 valence electrons. The van der Waals surface area contributed by atoms with Gasteiger partial charge >= 0.3 is 0 Å². The fourth-order valence-electron chi connectivity index (χ4n) is 3.37. The van der Waals surface area contributed by atoms with Gasteiger partial charge in [-0.25, -0.2) is 0 Å². The van der Waals surface area contributed by atoms with Crippen LogP contribution in [-0.2, 0) is 9.59 Å². The molecule has 34 heavy (non-hydrogen) atoms. The van der Waals surface area contributed by atoms with E-state index in [9.17, 15) is 19.2 Å². The predicted octanol–water partition coefficient (Wildman–Crippen LogP) is 4.48. The number of nitrogens with zero attached hydrogens (tertiary/aromatic N) is 2. The summed E-state index contributed by atoms with van der Waals surface area (Å²) in [5.41, 5.74) is 1.42. The van der Waals surface area contributed by atoms with Crippen LogP contribution in [0.2, 0.25) is 0 Å². The van der Waals surface area contributed by atoms with Crippen LogP contribution in [0.3, 0.4) is 0 Å². The third-order valence-electron chi connectivity index (χ3n) is 5.12. The quantitative estimate of drug-likeness (QED) is 0.518. The zero-order valence-electron chi connectivity index (χ0n) is 18.3. The van der Waals surface area contributed by atoms with Gasteiger partial charge in [0.05, 0.1) is 24.0 Å². The van der Waals surface area contributed by atoms with Gasteiger partial charge in [-0.15, -0.1) is 0 Å². The predicted molar refractivity (Wildman–Crippen MR) is 131 cm³/mol. The number of imide groups is 2. The summed E-state index contributed by atoms with van der Waals surface area (Å²) in [7, 11) is 3.04. The summed E-state index contributed by atoms with van der Waals surface area (Å²) in [6, 6.07) is 14.3. The molecule has 0 spiro atoms. The zero-order valence-corrected chi connectivity index (χ0v) is 20.0. The first-order valence-electron chi connectivity index (χ1n) is 10.2. The lowest BCUT2D eigenvalue weighted by Crippen LogP contribution is -2.39. The molecule has 0 saturated carbocycles. The first kappa shape index (κ1) is 23.7. The summed E-state index contributed by atoms with van der Waals surface area (Å²) in [5, 5.41) is -0.895. The first-order valence-corrected chi connectivity index (χ1v) is 11.8. The fraction of sp³-hybridized carbons (Fsp3) is 0.167. The van der Waals surface area contributed by atoms with Crippen LogP contribution in [0.15, 0.2) is 58.3 Å². The van der Waals surface area contributed by atoms with Gasteiger partial charge in [-0.2, -0.15) is 0 Å². The van der Waals surface area contributed by atoms with E-state index in [2.05, 4.69) is 0 Å². The van der Waals surface area contributed by atoms with Crippen molar-refractivity contribution in [1.29, 1.82) is 0 Å². The molecule has 0 radical (unpaired) electrons. The van der Waals surface area contributed by atoms with Gasteiger partial charge in [-0.05, 0) is 53.4 Å². The monoisotopic (exact) mass is 496 g/mol. The topological polar surface area (TPSA) is 93.2 Å². The first-order chi connectivity index (χ1) is 16.4. The van der Waals surface area contributed by atoms with E-state index in [-0.39, 0.29) is 18.0 Å². The van der Waals surface area contributed by atoms with Crippen LogP contribution in [-0.4, -0.2) is 59.4 Å². The summed E-state index contributed by atoms with van der Waals surface area (Å²) in [6.45, 7) is -0.160. The van der Waals surface area contributed by atoms with Crippen molar-refractivity contribution in [3.63, 3.8) is 0 Å². The number of rotatable bonds is 7. The summed E-state index contributed by atoms with van der Waals surface area (Å²) >= 11 is 1.64. The maximum Gasteiger partial charge on any atom is 0.293 e. The molecule has 0 aromatic heterocycles. The highest BCUT2D eigenvalue weighted by Crippen LogP contribution is 2.36. The summed E-state index contributed by atoms with van der Waals surface area (Å²) < 4.78 is 10.5. The van der Waals surface area contributed by atoms with Crippen LogP contribution in [0.1, 0.15) is 11.1 Å². The van der Waals surface area contributed by atoms with Crippen molar-refractivity contribution in [2.24, 2.45) is 0 Å². The number of carbonyl (C=O) groups excluding carboxylic acids is 4. The van der Waals surface area contributed by atoms with E-state index in [4.69, 9.17) is 9.47 Å². The Bertz CT molecular complexity index is 1230. The molecule has 0 N–H and O–H groups in total. The van der Waals surface area contributed by atoms with Gasteiger partial charge in [0.25, 0.3) is 22.3 Å². The number of hydrogen-bond acceptors (Lipinski definition) is 8. The number of amides is 4. The molecule has 2 aromatic carbocycles. The molecule has 2 aromatic rings. The molecule has 8 nitrogen and oxygen atoms in total. The zero-order chi connectivity index (χ0) is 24.2. The second-order valence-electron chi connectivity index (χ2n) is 7.19. The summed E-state index contributed by atoms with van der Waals surface area (Å²) in [4.78, 5) is 53.1. The molecular formula is C24H20N2O6S2. The van der Waals surface area contributed by atoms with Crippen molar-refractivity contribution >= 4 is 58.0 Å². The van der Waals surface area contributed by atoms with E-state index < -0.39 is 22.3 Å². The van der Waals surface area contributed by atoms with Crippen molar-refractivity contribution in [3.05, 3.63) is 69.5 Å². The van der Waals surface area contributed by atoms with Gasteiger partial charge in [-0.3, -0.25) is 29.0 Å². The number of methoxy groups -OCH3 is 2. The minimum atomic E-state index is -0.486. The number of thioether (sulfide) groups is 2. The Balaban J connectivity index is 1.45. The third kappa shape index (κ3) is 4.87. The van der Waals surface area contributed by atoms with Crippen molar-refractivity contribution in [2.75, 3.05) is 27.3 Å². The van der Waals surface area contributed by atoms with E-state index in [1.807, 2.05) is 30.3 Å². The molecule has 2 aliphatic heterocycles. The van der Waals surface area contributed by atoms with Crippen LogP contribution >= 0.6 is 23.5 Å². The average molecular weight is 497 g/mol. The van der Waals surface area contributed by atoms with E-state index in [1.165, 1.54) is 14.2 Å². The summed E-state index contributed by atoms with van der Waals surface area (Å²) in [6.07, 6.45) is 3.22. The number of carbonyl (C=O) groups is 4. The molecule has 0 atom stereocenters. The minimum absolute atomic E-state index is 0.0754. The highest BCUT2D eigenvalue weighted by Gasteiger charge is 2.39. The Hall–Kier alpha value is -3.50. The van der Waals surface area contributed by atoms with Crippen molar-refractivity contribution in [3.8, 4) is 11.5 Å². The lowest BCUT2D eigenvalue weighted by atomic mass is 10.1. The van der Waals surface area contributed by atoms with E-state index >= 15 is 0 Å². The van der Waals surface area contributed by atoms with Crippen molar-refractivity contribution in [2.45, 2.75) is 0 Å². The second kappa shape index (κ2) is 10.2. The van der Waals surface area contributed by atoms with Crippen LogP contribution in [0.25, 0.3) is 12.2 Å². The molecule has 0 aliphatic carbocycles. The molecule has 2 aliphatic rings. The molecule has 0 unspecified atom stereocenters. The Kier molecular flexibility index (Phi) is 7.09. The smallest absolute Gasteiger partial charge is 0.293 e. The lowest BCUT2D eigenvalue weighted by molar-refractivity contribution is -0.125. The second-order valence-corrected chi connectivity index (χ2v) is 9.17. The largest absolute Gasteiger partial charge is 0.497 e. The van der Waals surface area contributed by atoms with Gasteiger partial charge in [-0.1, -0.05) is 30.3 Å². The van der Waals surface area contributed by atoms with Crippen LogP contribution < -0.4 is 9.47 Å². The standard InChI is InChI=1S/C24H20N2O6S2/c1-31-17-9-8-16(18(14-17)32-2)13-20-22(28)26(24(30)34-20)11-10-25-21(27)19(33-23(25)29)12-15-6-4-3-5-7-15/h3-9,12-14H,10-11H2,1-2H3/b19-12+,20-13+. The number of ether oxygens (including phenoxy) is 2. The lowest BCUT2D eigenvalue weighted by Gasteiger charge is -2.17. The van der Waals surface area contributed by atoms with Crippen LogP contribution in [0.5, 0.6) is 11.5 Å². The summed E-state index contributed by atoms with van der Waals surface area (Å²) in [5.74, 6) is 0.166. The molecule has 0 bridgehead atoms. The molecule has 10 heteroatoms. The van der Waals surface area contributed by atoms with E-state index in [1.54, 1.807) is 30.4 Å². The molecular weight excluding hydrogens is 476 g/mol. The maximum atomic E-state index is 12.9. The molecule has 2 saturated heterocycles. The van der Waals surface area contributed by atoms with Crippen molar-refractivity contribution in [1.82, 2.24) is 9.80 Å². The van der Waals surface area contributed by atoms with Gasteiger partial charge < -0.3 is 9.47 Å². The number of benzene rings is 2. The Morgan fingerprint density at radius 2 is 1.35 bits per heavy atom. The normalized spacial score (nSPS) is 18.5. The van der Waals surface area contributed by atoms with Gasteiger partial charge in [0, 0.05) is 24.7 Å². The maximum absolute atomic E-state index is 12.9. The Labute approximate surface area is 204 Å². The molecule has 4 amide bonds. The highest BCUT2D eigenvalue weighted by molar-refractivity contribution is 8.18.